The van der Waals surface area contributed by atoms with Gasteiger partial charge in [-0.3, -0.25) is 9.58 Å². The lowest BCUT2D eigenvalue weighted by atomic mass is 10.00. The Balaban J connectivity index is 2.15. The molecule has 2 heterocycles. The van der Waals surface area contributed by atoms with Gasteiger partial charge in [0.1, 0.15) is 5.75 Å². The van der Waals surface area contributed by atoms with Crippen molar-refractivity contribution in [3.8, 4) is 5.75 Å². The van der Waals surface area contributed by atoms with E-state index in [0.29, 0.717) is 0 Å². The van der Waals surface area contributed by atoms with E-state index in [-0.39, 0.29) is 6.04 Å². The van der Waals surface area contributed by atoms with Gasteiger partial charge in [-0.15, -0.1) is 0 Å². The van der Waals surface area contributed by atoms with Gasteiger partial charge in [0, 0.05) is 35.9 Å². The van der Waals surface area contributed by atoms with E-state index < -0.39 is 0 Å². The minimum absolute atomic E-state index is 0.152. The lowest BCUT2D eigenvalue weighted by Gasteiger charge is -2.23. The van der Waals surface area contributed by atoms with Crippen LogP contribution >= 0.6 is 0 Å². The predicted molar refractivity (Wildman–Crippen MR) is 83.6 cm³/mol. The van der Waals surface area contributed by atoms with Crippen LogP contribution < -0.4 is 4.74 Å². The van der Waals surface area contributed by atoms with E-state index in [1.165, 1.54) is 16.5 Å². The van der Waals surface area contributed by atoms with E-state index in [9.17, 15) is 0 Å². The number of nitrogens with zero attached hydrogens (tertiary/aromatic N) is 3. The molecule has 0 radical (unpaired) electrons. The van der Waals surface area contributed by atoms with Crippen molar-refractivity contribution in [3.63, 3.8) is 0 Å². The summed E-state index contributed by atoms with van der Waals surface area (Å²) in [6, 6.07) is 6.25. The highest BCUT2D eigenvalue weighted by Gasteiger charge is 2.21. The summed E-state index contributed by atoms with van der Waals surface area (Å²) in [6.45, 7) is 0. The van der Waals surface area contributed by atoms with Gasteiger partial charge in [-0.2, -0.15) is 5.10 Å². The molecule has 0 fully saturated rings. The molecule has 1 atom stereocenters. The van der Waals surface area contributed by atoms with Gasteiger partial charge in [0.05, 0.1) is 19.3 Å². The maximum Gasteiger partial charge on any atom is 0.119 e. The minimum atomic E-state index is 0.152. The highest BCUT2D eigenvalue weighted by molar-refractivity contribution is 5.85. The number of aromatic nitrogens is 3. The molecule has 1 aromatic carbocycles. The number of aromatic amines is 1. The molecule has 2 aromatic heterocycles. The third-order valence-electron chi connectivity index (χ3n) is 3.77. The predicted octanol–water partition coefficient (Wildman–Crippen LogP) is 2.56. The van der Waals surface area contributed by atoms with E-state index in [2.05, 4.69) is 47.5 Å². The van der Waals surface area contributed by atoms with Crippen LogP contribution in [0.4, 0.5) is 0 Å². The molecule has 0 saturated heterocycles. The second-order valence-corrected chi connectivity index (χ2v) is 5.47. The second kappa shape index (κ2) is 5.26. The fourth-order valence-corrected chi connectivity index (χ4v) is 2.81. The summed E-state index contributed by atoms with van der Waals surface area (Å²) >= 11 is 0. The van der Waals surface area contributed by atoms with Crippen LogP contribution in [0.2, 0.25) is 0 Å². The van der Waals surface area contributed by atoms with E-state index >= 15 is 0 Å². The standard InChI is InChI=1S/C16H20N4O/c1-19(2)16(11-8-18-20(3)10-11)14-9-17-15-6-5-12(21-4)7-13(14)15/h5-10,16-17H,1-4H3. The molecule has 5 heteroatoms. The molecular weight excluding hydrogens is 264 g/mol. The Morgan fingerprint density at radius 1 is 1.33 bits per heavy atom. The molecule has 0 amide bonds. The monoisotopic (exact) mass is 284 g/mol. The average molecular weight is 284 g/mol. The molecule has 3 aromatic rings. The Morgan fingerprint density at radius 3 is 2.76 bits per heavy atom. The van der Waals surface area contributed by atoms with Gasteiger partial charge in [-0.1, -0.05) is 0 Å². The number of hydrogen-bond donors (Lipinski definition) is 1. The van der Waals surface area contributed by atoms with Crippen LogP contribution in [0.3, 0.4) is 0 Å². The number of methoxy groups -OCH3 is 1. The Bertz CT molecular complexity index is 757. The van der Waals surface area contributed by atoms with Crippen LogP contribution in [0, 0.1) is 0 Å². The maximum atomic E-state index is 5.35. The molecular formula is C16H20N4O. The normalized spacial score (nSPS) is 13.0. The molecule has 0 saturated carbocycles. The van der Waals surface area contributed by atoms with Crippen molar-refractivity contribution in [3.05, 3.63) is 47.9 Å². The Morgan fingerprint density at radius 2 is 2.14 bits per heavy atom. The zero-order chi connectivity index (χ0) is 15.0. The molecule has 3 rings (SSSR count). The zero-order valence-corrected chi connectivity index (χ0v) is 12.8. The van der Waals surface area contributed by atoms with Gasteiger partial charge in [0.2, 0.25) is 0 Å². The zero-order valence-electron chi connectivity index (χ0n) is 12.8. The first-order chi connectivity index (χ1) is 10.1. The summed E-state index contributed by atoms with van der Waals surface area (Å²) in [7, 11) is 7.79. The largest absolute Gasteiger partial charge is 0.497 e. The van der Waals surface area contributed by atoms with Gasteiger partial charge >= 0.3 is 0 Å². The summed E-state index contributed by atoms with van der Waals surface area (Å²) in [4.78, 5) is 5.54. The lowest BCUT2D eigenvalue weighted by molar-refractivity contribution is 0.344. The fraction of sp³-hybridized carbons (Fsp3) is 0.312. The molecule has 110 valence electrons. The molecule has 0 bridgehead atoms. The first-order valence-corrected chi connectivity index (χ1v) is 6.90. The highest BCUT2D eigenvalue weighted by Crippen LogP contribution is 2.33. The quantitative estimate of drug-likeness (QED) is 0.801. The molecule has 21 heavy (non-hydrogen) atoms. The molecule has 0 aliphatic rings. The van der Waals surface area contributed by atoms with Gasteiger partial charge < -0.3 is 9.72 Å². The first kappa shape index (κ1) is 13.7. The van der Waals surface area contributed by atoms with Crippen LogP contribution in [0.25, 0.3) is 10.9 Å². The maximum absolute atomic E-state index is 5.35. The van der Waals surface area contributed by atoms with E-state index in [1.807, 2.05) is 30.1 Å². The van der Waals surface area contributed by atoms with Crippen LogP contribution in [0.15, 0.2) is 36.8 Å². The summed E-state index contributed by atoms with van der Waals surface area (Å²) in [5, 5.41) is 5.48. The van der Waals surface area contributed by atoms with Crippen molar-refractivity contribution in [1.29, 1.82) is 0 Å². The third-order valence-corrected chi connectivity index (χ3v) is 3.77. The molecule has 5 nitrogen and oxygen atoms in total. The second-order valence-electron chi connectivity index (χ2n) is 5.47. The number of nitrogens with one attached hydrogen (secondary N) is 1. The van der Waals surface area contributed by atoms with Gasteiger partial charge in [-0.25, -0.2) is 0 Å². The highest BCUT2D eigenvalue weighted by atomic mass is 16.5. The smallest absolute Gasteiger partial charge is 0.119 e. The summed E-state index contributed by atoms with van der Waals surface area (Å²) < 4.78 is 7.19. The van der Waals surface area contributed by atoms with E-state index in [0.717, 1.165) is 11.3 Å². The van der Waals surface area contributed by atoms with E-state index in [1.54, 1.807) is 7.11 Å². The summed E-state index contributed by atoms with van der Waals surface area (Å²) in [5.74, 6) is 0.868. The van der Waals surface area contributed by atoms with Gasteiger partial charge in [0.15, 0.2) is 0 Å². The van der Waals surface area contributed by atoms with Crippen LogP contribution in [-0.2, 0) is 7.05 Å². The van der Waals surface area contributed by atoms with Crippen molar-refractivity contribution >= 4 is 10.9 Å². The topological polar surface area (TPSA) is 46.1 Å². The Hall–Kier alpha value is -2.27. The van der Waals surface area contributed by atoms with Crippen molar-refractivity contribution in [2.45, 2.75) is 6.04 Å². The lowest BCUT2D eigenvalue weighted by Crippen LogP contribution is -2.20. The third kappa shape index (κ3) is 2.40. The molecule has 0 spiro atoms. The van der Waals surface area contributed by atoms with Crippen LogP contribution in [-0.4, -0.2) is 40.9 Å². The van der Waals surface area contributed by atoms with Crippen molar-refractivity contribution in [2.24, 2.45) is 7.05 Å². The van der Waals surface area contributed by atoms with Crippen LogP contribution in [0.5, 0.6) is 5.75 Å². The number of rotatable bonds is 4. The SMILES string of the molecule is COc1ccc2[nH]cc(C(c3cnn(C)c3)N(C)C)c2c1. The van der Waals surface area contributed by atoms with Crippen LogP contribution in [0.1, 0.15) is 17.2 Å². The number of fused-ring (bicyclic) bond motifs is 1. The number of ether oxygens (including phenoxy) is 1. The molecule has 0 aliphatic carbocycles. The average Bonchev–Trinajstić information content (AvgIpc) is 3.06. The number of H-pyrrole nitrogens is 1. The number of benzene rings is 1. The van der Waals surface area contributed by atoms with Crippen molar-refractivity contribution < 1.29 is 4.74 Å². The van der Waals surface area contributed by atoms with Gasteiger partial charge in [-0.05, 0) is 37.9 Å². The first-order valence-electron chi connectivity index (χ1n) is 6.90. The van der Waals surface area contributed by atoms with Gasteiger partial charge in [0.25, 0.3) is 0 Å². The van der Waals surface area contributed by atoms with E-state index in [4.69, 9.17) is 4.74 Å². The summed E-state index contributed by atoms with van der Waals surface area (Å²) in [5.41, 5.74) is 3.51. The number of hydrogen-bond acceptors (Lipinski definition) is 3. The molecule has 1 unspecified atom stereocenters. The minimum Gasteiger partial charge on any atom is -0.497 e. The fourth-order valence-electron chi connectivity index (χ4n) is 2.81. The Kier molecular flexibility index (Phi) is 3.43. The number of aryl methyl sites for hydroxylation is 1. The van der Waals surface area contributed by atoms with Crippen molar-refractivity contribution in [2.75, 3.05) is 21.2 Å². The van der Waals surface area contributed by atoms with Crippen molar-refractivity contribution in [1.82, 2.24) is 19.7 Å². The summed E-state index contributed by atoms with van der Waals surface area (Å²) in [6.07, 6.45) is 6.05. The molecule has 1 N–H and O–H groups in total. The molecule has 0 aliphatic heterocycles. The Labute approximate surface area is 124 Å².